The largest absolute Gasteiger partial charge is 0.493 e. The smallest absolute Gasteiger partial charge is 0.221 e. The van der Waals surface area contributed by atoms with Gasteiger partial charge in [-0.2, -0.15) is 0 Å². The first-order valence-electron chi connectivity index (χ1n) is 7.13. The van der Waals surface area contributed by atoms with Gasteiger partial charge < -0.3 is 4.74 Å². The molecule has 3 aromatic rings. The van der Waals surface area contributed by atoms with Gasteiger partial charge in [0.25, 0.3) is 0 Å². The van der Waals surface area contributed by atoms with Crippen molar-refractivity contribution >= 4 is 24.2 Å². The van der Waals surface area contributed by atoms with E-state index in [2.05, 4.69) is 39.2 Å². The highest BCUT2D eigenvalue weighted by Crippen LogP contribution is 2.26. The summed E-state index contributed by atoms with van der Waals surface area (Å²) in [6, 6.07) is 6.27. The lowest BCUT2D eigenvalue weighted by Gasteiger charge is -2.05. The number of nitrogens with zero attached hydrogens (tertiary/aromatic N) is 5. The first kappa shape index (κ1) is 12.3. The molecule has 1 aliphatic rings. The van der Waals surface area contributed by atoms with Crippen molar-refractivity contribution in [2.45, 2.75) is 19.8 Å². The van der Waals surface area contributed by atoms with Crippen LogP contribution in [0, 0.1) is 0 Å². The zero-order valence-electron chi connectivity index (χ0n) is 11.8. The highest BCUT2D eigenvalue weighted by Gasteiger charge is 2.14. The van der Waals surface area contributed by atoms with Gasteiger partial charge in [0, 0.05) is 18.2 Å². The highest BCUT2D eigenvalue weighted by molar-refractivity contribution is 6.50. The molecule has 0 N–H and O–H groups in total. The van der Waals surface area contributed by atoms with Crippen LogP contribution < -0.4 is 10.3 Å². The molecule has 0 saturated heterocycles. The van der Waals surface area contributed by atoms with E-state index in [1.807, 2.05) is 6.07 Å². The third-order valence-corrected chi connectivity index (χ3v) is 3.73. The van der Waals surface area contributed by atoms with E-state index in [9.17, 15) is 0 Å². The fraction of sp³-hybridized carbons (Fsp3) is 0.286. The third kappa shape index (κ3) is 2.14. The molecule has 6 nitrogen and oxygen atoms in total. The van der Waals surface area contributed by atoms with E-state index in [1.54, 1.807) is 10.9 Å². The maximum Gasteiger partial charge on any atom is 0.221 e. The Bertz CT molecular complexity index is 816. The summed E-state index contributed by atoms with van der Waals surface area (Å²) >= 11 is 0. The van der Waals surface area contributed by atoms with Gasteiger partial charge in [-0.3, -0.25) is 0 Å². The van der Waals surface area contributed by atoms with Crippen LogP contribution in [0.25, 0.3) is 11.3 Å². The molecule has 0 aliphatic carbocycles. The molecule has 0 spiro atoms. The quantitative estimate of drug-likeness (QED) is 0.646. The van der Waals surface area contributed by atoms with Gasteiger partial charge >= 0.3 is 0 Å². The molecule has 7 heteroatoms. The van der Waals surface area contributed by atoms with Gasteiger partial charge in [-0.05, 0) is 17.2 Å². The SMILES string of the molecule is CBc1cnc2nnn(Cc3ccc4c(c3)CCO4)c2n1. The minimum Gasteiger partial charge on any atom is -0.493 e. The molecule has 0 bridgehead atoms. The first-order valence-corrected chi connectivity index (χ1v) is 7.13. The highest BCUT2D eigenvalue weighted by atomic mass is 16.5. The molecule has 0 fully saturated rings. The molecular formula is C14H14BN5O. The van der Waals surface area contributed by atoms with Crippen molar-refractivity contribution in [1.29, 1.82) is 0 Å². The van der Waals surface area contributed by atoms with Crippen molar-refractivity contribution in [2.24, 2.45) is 0 Å². The van der Waals surface area contributed by atoms with Gasteiger partial charge in [-0.25, -0.2) is 14.6 Å². The number of ether oxygens (including phenoxy) is 1. The molecular weight excluding hydrogens is 265 g/mol. The second-order valence-corrected chi connectivity index (χ2v) is 5.15. The fourth-order valence-corrected chi connectivity index (χ4v) is 2.58. The summed E-state index contributed by atoms with van der Waals surface area (Å²) < 4.78 is 7.34. The summed E-state index contributed by atoms with van der Waals surface area (Å²) in [7, 11) is 0.851. The summed E-state index contributed by atoms with van der Waals surface area (Å²) in [5, 5.41) is 8.25. The van der Waals surface area contributed by atoms with Crippen LogP contribution in [0.2, 0.25) is 6.82 Å². The first-order chi connectivity index (χ1) is 10.3. The molecule has 21 heavy (non-hydrogen) atoms. The standard InChI is InChI=1S/C14H14BN5O/c1-15-12-7-16-13-14(17-12)20(19-18-13)8-9-2-3-11-10(6-9)4-5-21-11/h2-3,6-7,15H,4-5,8H2,1H3. The van der Waals surface area contributed by atoms with Crippen molar-refractivity contribution in [2.75, 3.05) is 6.61 Å². The van der Waals surface area contributed by atoms with Gasteiger partial charge in [0.05, 0.1) is 13.2 Å². The lowest BCUT2D eigenvalue weighted by Crippen LogP contribution is -2.17. The topological polar surface area (TPSA) is 65.7 Å². The van der Waals surface area contributed by atoms with Crippen LogP contribution in [0.1, 0.15) is 11.1 Å². The van der Waals surface area contributed by atoms with E-state index in [-0.39, 0.29) is 0 Å². The number of fused-ring (bicyclic) bond motifs is 2. The van der Waals surface area contributed by atoms with Gasteiger partial charge in [-0.15, -0.1) is 5.10 Å². The zero-order valence-corrected chi connectivity index (χ0v) is 11.8. The molecule has 0 amide bonds. The lowest BCUT2D eigenvalue weighted by molar-refractivity contribution is 0.357. The molecule has 1 aromatic carbocycles. The van der Waals surface area contributed by atoms with E-state index < -0.39 is 0 Å². The Kier molecular flexibility index (Phi) is 2.84. The van der Waals surface area contributed by atoms with Crippen molar-refractivity contribution in [3.05, 3.63) is 35.5 Å². The van der Waals surface area contributed by atoms with Gasteiger partial charge in [0.15, 0.2) is 12.9 Å². The van der Waals surface area contributed by atoms with Crippen LogP contribution in [0.3, 0.4) is 0 Å². The zero-order chi connectivity index (χ0) is 14.2. The van der Waals surface area contributed by atoms with Crippen LogP contribution >= 0.6 is 0 Å². The van der Waals surface area contributed by atoms with E-state index in [1.165, 1.54) is 11.1 Å². The molecule has 2 aromatic heterocycles. The Morgan fingerprint density at radius 3 is 3.24 bits per heavy atom. The van der Waals surface area contributed by atoms with Crippen LogP contribution in [0.15, 0.2) is 24.4 Å². The summed E-state index contributed by atoms with van der Waals surface area (Å²) in [6.07, 6.45) is 2.73. The predicted molar refractivity (Wildman–Crippen MR) is 80.5 cm³/mol. The number of aromatic nitrogens is 5. The number of rotatable bonds is 3. The maximum atomic E-state index is 5.53. The van der Waals surface area contributed by atoms with Crippen LogP contribution in [0.5, 0.6) is 5.75 Å². The van der Waals surface area contributed by atoms with Crippen molar-refractivity contribution in [3.8, 4) is 5.75 Å². The monoisotopic (exact) mass is 279 g/mol. The number of hydrogen-bond acceptors (Lipinski definition) is 5. The van der Waals surface area contributed by atoms with E-state index in [0.29, 0.717) is 12.2 Å². The average molecular weight is 279 g/mol. The molecule has 0 saturated carbocycles. The normalized spacial score (nSPS) is 13.2. The second kappa shape index (κ2) is 4.84. The molecule has 0 radical (unpaired) electrons. The van der Waals surface area contributed by atoms with E-state index in [4.69, 9.17) is 4.74 Å². The number of benzene rings is 1. The Morgan fingerprint density at radius 1 is 1.38 bits per heavy atom. The Morgan fingerprint density at radius 2 is 2.33 bits per heavy atom. The fourth-order valence-electron chi connectivity index (χ4n) is 2.58. The average Bonchev–Trinajstić information content (AvgIpc) is 3.13. The summed E-state index contributed by atoms with van der Waals surface area (Å²) in [5.74, 6) is 0.996. The van der Waals surface area contributed by atoms with Crippen molar-refractivity contribution in [1.82, 2.24) is 25.0 Å². The van der Waals surface area contributed by atoms with E-state index >= 15 is 0 Å². The van der Waals surface area contributed by atoms with Gasteiger partial charge in [0.1, 0.15) is 5.75 Å². The second-order valence-electron chi connectivity index (χ2n) is 5.15. The molecule has 0 unspecified atom stereocenters. The van der Waals surface area contributed by atoms with Crippen molar-refractivity contribution in [3.63, 3.8) is 0 Å². The molecule has 1 aliphatic heterocycles. The van der Waals surface area contributed by atoms with Gasteiger partial charge in [-0.1, -0.05) is 24.2 Å². The Balaban J connectivity index is 1.70. The summed E-state index contributed by atoms with van der Waals surface area (Å²) in [6.45, 7) is 3.48. The number of hydrogen-bond donors (Lipinski definition) is 0. The third-order valence-electron chi connectivity index (χ3n) is 3.73. The summed E-state index contributed by atoms with van der Waals surface area (Å²) in [4.78, 5) is 8.87. The molecule has 3 heterocycles. The van der Waals surface area contributed by atoms with Crippen LogP contribution in [-0.4, -0.2) is 38.8 Å². The maximum absolute atomic E-state index is 5.53. The minimum absolute atomic E-state index is 0.594. The Labute approximate surface area is 122 Å². The summed E-state index contributed by atoms with van der Waals surface area (Å²) in [5.41, 5.74) is 4.73. The lowest BCUT2D eigenvalue weighted by atomic mass is 9.78. The molecule has 0 atom stereocenters. The molecule has 4 rings (SSSR count). The minimum atomic E-state index is 0.594. The molecule has 104 valence electrons. The van der Waals surface area contributed by atoms with E-state index in [0.717, 1.165) is 37.3 Å². The van der Waals surface area contributed by atoms with Crippen LogP contribution in [0.4, 0.5) is 0 Å². The predicted octanol–water partition coefficient (Wildman–Crippen LogP) is 0.314. The van der Waals surface area contributed by atoms with Crippen molar-refractivity contribution < 1.29 is 4.74 Å². The van der Waals surface area contributed by atoms with Crippen LogP contribution in [-0.2, 0) is 13.0 Å². The Hall–Kier alpha value is -2.44. The van der Waals surface area contributed by atoms with Gasteiger partial charge in [0.2, 0.25) is 5.65 Å².